The van der Waals surface area contributed by atoms with Gasteiger partial charge in [0.25, 0.3) is 5.91 Å². The van der Waals surface area contributed by atoms with E-state index in [2.05, 4.69) is 37.8 Å². The van der Waals surface area contributed by atoms with E-state index in [4.69, 9.17) is 9.15 Å². The second-order valence-corrected chi connectivity index (χ2v) is 12.6. The summed E-state index contributed by atoms with van der Waals surface area (Å²) < 4.78 is 25.0. The van der Waals surface area contributed by atoms with Gasteiger partial charge in [-0.15, -0.1) is 10.2 Å². The first-order chi connectivity index (χ1) is 23.3. The normalized spacial score (nSPS) is 18.9. The minimum Gasteiger partial charge on any atom is -0.421 e. The van der Waals surface area contributed by atoms with Gasteiger partial charge in [0.05, 0.1) is 17.8 Å². The van der Waals surface area contributed by atoms with Gasteiger partial charge in [0.15, 0.2) is 5.60 Å². The zero-order chi connectivity index (χ0) is 33.3. The lowest BCUT2D eigenvalue weighted by atomic mass is 9.89. The topological polar surface area (TPSA) is 129 Å². The zero-order valence-electron chi connectivity index (χ0n) is 27.0. The Hall–Kier alpha value is -4.94. The number of anilines is 1. The molecule has 2 amide bonds. The molecular formula is C36H38FN7O4. The number of halogens is 1. The van der Waals surface area contributed by atoms with Crippen molar-refractivity contribution in [2.24, 2.45) is 0 Å². The summed E-state index contributed by atoms with van der Waals surface area (Å²) in [7, 11) is 1.54. The third-order valence-electron chi connectivity index (χ3n) is 9.66. The minimum atomic E-state index is -1.08. The molecule has 248 valence electrons. The third-order valence-corrected chi connectivity index (χ3v) is 9.66. The first kappa shape index (κ1) is 31.6. The van der Waals surface area contributed by atoms with Crippen molar-refractivity contribution in [1.82, 2.24) is 30.2 Å². The van der Waals surface area contributed by atoms with Gasteiger partial charge < -0.3 is 19.4 Å². The fourth-order valence-corrected chi connectivity index (χ4v) is 6.77. The lowest BCUT2D eigenvalue weighted by molar-refractivity contribution is -0.138. The van der Waals surface area contributed by atoms with Gasteiger partial charge in [-0.05, 0) is 85.3 Å². The number of aromatic amines is 1. The number of amides is 2. The van der Waals surface area contributed by atoms with Crippen molar-refractivity contribution in [1.29, 1.82) is 0 Å². The van der Waals surface area contributed by atoms with E-state index in [0.717, 1.165) is 34.9 Å². The first-order valence-electron chi connectivity index (χ1n) is 16.4. The number of aryl methyl sites for hydroxylation is 1. The number of nitrogens with one attached hydrogen (secondary N) is 2. The number of likely N-dealkylation sites (tertiary alicyclic amines) is 2. The third kappa shape index (κ3) is 6.33. The van der Waals surface area contributed by atoms with Crippen LogP contribution in [0.25, 0.3) is 33.6 Å². The van der Waals surface area contributed by atoms with Crippen LogP contribution in [0.4, 0.5) is 10.1 Å². The van der Waals surface area contributed by atoms with Crippen LogP contribution in [0.3, 0.4) is 0 Å². The van der Waals surface area contributed by atoms with Crippen molar-refractivity contribution in [2.45, 2.75) is 44.1 Å². The Labute approximate surface area is 277 Å². The van der Waals surface area contributed by atoms with Crippen LogP contribution >= 0.6 is 0 Å². The molecule has 1 atom stereocenters. The number of hydrogen-bond acceptors (Lipinski definition) is 8. The van der Waals surface area contributed by atoms with Crippen LogP contribution in [-0.2, 0) is 20.7 Å². The average Bonchev–Trinajstić information content (AvgIpc) is 3.88. The largest absolute Gasteiger partial charge is 0.421 e. The van der Waals surface area contributed by atoms with Crippen LogP contribution in [0.15, 0.2) is 71.1 Å². The Kier molecular flexibility index (Phi) is 8.76. The zero-order valence-corrected chi connectivity index (χ0v) is 27.0. The van der Waals surface area contributed by atoms with Crippen LogP contribution in [0, 0.1) is 5.82 Å². The molecule has 11 nitrogen and oxygen atoms in total. The molecule has 2 aliphatic heterocycles. The van der Waals surface area contributed by atoms with E-state index in [0.29, 0.717) is 68.1 Å². The average molecular weight is 652 g/mol. The number of carbonyl (C=O) groups is 2. The second kappa shape index (κ2) is 13.3. The Balaban J connectivity index is 0.932. The van der Waals surface area contributed by atoms with Crippen LogP contribution in [0.1, 0.15) is 43.6 Å². The van der Waals surface area contributed by atoms with E-state index < -0.39 is 5.60 Å². The molecule has 12 heteroatoms. The van der Waals surface area contributed by atoms with Gasteiger partial charge in [-0.1, -0.05) is 19.1 Å². The van der Waals surface area contributed by atoms with Gasteiger partial charge in [0.1, 0.15) is 5.82 Å². The number of methoxy groups -OCH3 is 1. The van der Waals surface area contributed by atoms with Gasteiger partial charge in [-0.25, -0.2) is 4.39 Å². The second-order valence-electron chi connectivity index (χ2n) is 12.6. The molecule has 0 aliphatic carbocycles. The summed E-state index contributed by atoms with van der Waals surface area (Å²) in [5, 5.41) is 19.4. The maximum absolute atomic E-state index is 13.6. The van der Waals surface area contributed by atoms with Crippen LogP contribution in [-0.4, -0.2) is 87.4 Å². The molecule has 0 unspecified atom stereocenters. The number of rotatable bonds is 9. The highest BCUT2D eigenvalue weighted by molar-refractivity contribution is 6.01. The van der Waals surface area contributed by atoms with E-state index >= 15 is 0 Å². The molecule has 2 saturated heterocycles. The summed E-state index contributed by atoms with van der Waals surface area (Å²) in [6, 6.07) is 19.9. The summed E-state index contributed by atoms with van der Waals surface area (Å²) >= 11 is 0. The highest BCUT2D eigenvalue weighted by atomic mass is 19.1. The summed E-state index contributed by atoms with van der Waals surface area (Å²) in [5.41, 5.74) is 3.90. The fourth-order valence-electron chi connectivity index (χ4n) is 6.77. The minimum absolute atomic E-state index is 0.0676. The highest BCUT2D eigenvalue weighted by Crippen LogP contribution is 2.32. The number of piperidine rings is 1. The monoisotopic (exact) mass is 651 g/mol. The maximum Gasteiger partial charge on any atom is 0.258 e. The number of ether oxygens (including phenoxy) is 1. The maximum atomic E-state index is 13.6. The van der Waals surface area contributed by atoms with E-state index in [1.165, 1.54) is 17.7 Å². The van der Waals surface area contributed by atoms with Crippen molar-refractivity contribution >= 4 is 28.4 Å². The Morgan fingerprint density at radius 3 is 2.48 bits per heavy atom. The molecule has 3 aromatic carbocycles. The van der Waals surface area contributed by atoms with Gasteiger partial charge in [0.2, 0.25) is 17.7 Å². The van der Waals surface area contributed by atoms with E-state index in [-0.39, 0.29) is 24.2 Å². The summed E-state index contributed by atoms with van der Waals surface area (Å²) in [6.07, 6.45) is 2.95. The number of carbonyl (C=O) groups excluding carboxylic acids is 2. The van der Waals surface area contributed by atoms with Crippen LogP contribution in [0.2, 0.25) is 0 Å². The molecule has 2 N–H and O–H groups in total. The molecule has 5 aromatic rings. The number of nitrogens with zero attached hydrogens (tertiary/aromatic N) is 5. The van der Waals surface area contributed by atoms with E-state index in [1.807, 2.05) is 41.0 Å². The molecular weight excluding hydrogens is 613 g/mol. The van der Waals surface area contributed by atoms with Gasteiger partial charge in [0, 0.05) is 61.9 Å². The number of H-pyrrole nitrogens is 1. The smallest absolute Gasteiger partial charge is 0.258 e. The summed E-state index contributed by atoms with van der Waals surface area (Å²) in [5.74, 6) is 1.02. The van der Waals surface area contributed by atoms with E-state index in [1.54, 1.807) is 25.3 Å². The fraction of sp³-hybridized carbons (Fsp3) is 0.361. The van der Waals surface area contributed by atoms with Crippen molar-refractivity contribution in [3.63, 3.8) is 0 Å². The molecule has 0 saturated carbocycles. The first-order valence-corrected chi connectivity index (χ1v) is 16.4. The van der Waals surface area contributed by atoms with Gasteiger partial charge in [-0.3, -0.25) is 19.6 Å². The molecule has 0 bridgehead atoms. The lowest BCUT2D eigenvalue weighted by Crippen LogP contribution is -2.48. The quantitative estimate of drug-likeness (QED) is 0.216. The predicted octanol–water partition coefficient (Wildman–Crippen LogP) is 5.42. The van der Waals surface area contributed by atoms with Crippen molar-refractivity contribution in [3.05, 3.63) is 84.0 Å². The summed E-state index contributed by atoms with van der Waals surface area (Å²) in [6.45, 7) is 4.49. The molecule has 4 heterocycles. The van der Waals surface area contributed by atoms with Gasteiger partial charge >= 0.3 is 0 Å². The Morgan fingerprint density at radius 2 is 1.77 bits per heavy atom. The number of fused-ring (bicyclic) bond motifs is 1. The number of benzene rings is 3. The Morgan fingerprint density at radius 1 is 1.02 bits per heavy atom. The summed E-state index contributed by atoms with van der Waals surface area (Å²) in [4.78, 5) is 30.9. The molecule has 7 rings (SSSR count). The van der Waals surface area contributed by atoms with E-state index in [9.17, 15) is 14.0 Å². The molecule has 0 spiro atoms. The van der Waals surface area contributed by atoms with Crippen molar-refractivity contribution in [2.75, 3.05) is 45.2 Å². The van der Waals surface area contributed by atoms with Crippen molar-refractivity contribution in [3.8, 4) is 22.7 Å². The van der Waals surface area contributed by atoms with Crippen LogP contribution in [0.5, 0.6) is 0 Å². The SMILES string of the molecule is CCc1nnc(-c2ccc(C3CCN(C(=O)CN4CC[C@@](OC)(C(=O)Nc5ccc6[nH]nc(-c7ccc(F)cc7)c6c5)C4)CC3)cc2)o1. The molecule has 0 radical (unpaired) electrons. The predicted molar refractivity (Wildman–Crippen MR) is 179 cm³/mol. The molecule has 2 aliphatic rings. The molecule has 2 fully saturated rings. The van der Waals surface area contributed by atoms with Crippen LogP contribution < -0.4 is 5.32 Å². The number of aromatic nitrogens is 4. The van der Waals surface area contributed by atoms with Crippen molar-refractivity contribution < 1.29 is 23.1 Å². The van der Waals surface area contributed by atoms with Gasteiger partial charge in [-0.2, -0.15) is 5.10 Å². The number of hydrogen-bond donors (Lipinski definition) is 2. The highest BCUT2D eigenvalue weighted by Gasteiger charge is 2.45. The lowest BCUT2D eigenvalue weighted by Gasteiger charge is -2.33. The molecule has 2 aromatic heterocycles. The standard InChI is InChI=1S/C36H38FN7O4/c1-3-31-40-42-34(48-31)26-6-4-23(5-7-26)24-14-17-44(18-15-24)32(45)21-43-19-16-36(22-43,47-2)35(46)38-28-12-13-30-29(20-28)33(41-39-30)25-8-10-27(37)11-9-25/h4-13,20,24H,3,14-19,21-22H2,1-2H3,(H,38,46)(H,39,41)/t36-/m0/s1. The Bertz CT molecular complexity index is 1910. The molecule has 48 heavy (non-hydrogen) atoms.